The number of thioether (sulfide) groups is 1. The molecule has 3 rings (SSSR count). The number of hydrogen-bond acceptors (Lipinski definition) is 6. The van der Waals surface area contributed by atoms with Gasteiger partial charge in [-0.3, -0.25) is 9.59 Å². The summed E-state index contributed by atoms with van der Waals surface area (Å²) in [5.74, 6) is 1.04. The van der Waals surface area contributed by atoms with E-state index in [1.807, 2.05) is 29.7 Å². The Morgan fingerprint density at radius 1 is 1.19 bits per heavy atom. The van der Waals surface area contributed by atoms with E-state index in [0.717, 1.165) is 5.56 Å². The van der Waals surface area contributed by atoms with Gasteiger partial charge in [-0.15, -0.1) is 16.8 Å². The Balaban J connectivity index is 1.60. The molecule has 0 atom stereocenters. The van der Waals surface area contributed by atoms with Crippen molar-refractivity contribution in [3.63, 3.8) is 0 Å². The number of allylic oxidation sites excluding steroid dienone is 1. The van der Waals surface area contributed by atoms with Gasteiger partial charge in [0.1, 0.15) is 5.75 Å². The van der Waals surface area contributed by atoms with Gasteiger partial charge in [-0.2, -0.15) is 0 Å². The zero-order valence-corrected chi connectivity index (χ0v) is 18.8. The molecule has 0 aliphatic rings. The Morgan fingerprint density at radius 2 is 2.00 bits per heavy atom. The minimum Gasteiger partial charge on any atom is -0.497 e. The van der Waals surface area contributed by atoms with Crippen LogP contribution in [0.3, 0.4) is 0 Å². The van der Waals surface area contributed by atoms with E-state index in [1.54, 1.807) is 43.5 Å². The highest BCUT2D eigenvalue weighted by molar-refractivity contribution is 7.99. The first-order chi connectivity index (χ1) is 15.5. The molecule has 3 aromatic rings. The van der Waals surface area contributed by atoms with Gasteiger partial charge in [0.2, 0.25) is 5.91 Å². The predicted octanol–water partition coefficient (Wildman–Crippen LogP) is 3.44. The van der Waals surface area contributed by atoms with E-state index in [1.165, 1.54) is 11.8 Å². The van der Waals surface area contributed by atoms with E-state index in [2.05, 4.69) is 27.4 Å². The van der Waals surface area contributed by atoms with Crippen molar-refractivity contribution >= 4 is 29.3 Å². The number of aromatic nitrogens is 3. The van der Waals surface area contributed by atoms with Crippen molar-refractivity contribution in [2.24, 2.45) is 0 Å². The molecule has 32 heavy (non-hydrogen) atoms. The first-order valence-corrected chi connectivity index (χ1v) is 10.9. The van der Waals surface area contributed by atoms with Gasteiger partial charge in [0.25, 0.3) is 5.91 Å². The summed E-state index contributed by atoms with van der Waals surface area (Å²) in [4.78, 5) is 24.8. The SMILES string of the molecule is C=CCn1c(CNC(=O)c2cccc(C)c2)nnc1SCC(=O)Nc1cccc(OC)c1. The lowest BCUT2D eigenvalue weighted by molar-refractivity contribution is -0.113. The molecule has 0 saturated carbocycles. The number of rotatable bonds is 10. The van der Waals surface area contributed by atoms with Crippen LogP contribution in [-0.4, -0.2) is 39.4 Å². The van der Waals surface area contributed by atoms with Gasteiger partial charge in [0.15, 0.2) is 11.0 Å². The number of nitrogens with zero attached hydrogens (tertiary/aromatic N) is 3. The van der Waals surface area contributed by atoms with Crippen molar-refractivity contribution in [3.05, 3.63) is 78.1 Å². The maximum absolute atomic E-state index is 12.4. The number of hydrogen-bond donors (Lipinski definition) is 2. The van der Waals surface area contributed by atoms with Crippen molar-refractivity contribution in [1.82, 2.24) is 20.1 Å². The van der Waals surface area contributed by atoms with Gasteiger partial charge >= 0.3 is 0 Å². The van der Waals surface area contributed by atoms with E-state index in [0.29, 0.717) is 34.5 Å². The standard InChI is InChI=1S/C23H25N5O3S/c1-4-11-28-20(14-24-22(30)17-8-5-7-16(2)12-17)26-27-23(28)32-15-21(29)25-18-9-6-10-19(13-18)31-3/h4-10,12-13H,1,11,14-15H2,2-3H3,(H,24,30)(H,25,29). The molecule has 0 bridgehead atoms. The van der Waals surface area contributed by atoms with E-state index < -0.39 is 0 Å². The summed E-state index contributed by atoms with van der Waals surface area (Å²) >= 11 is 1.26. The summed E-state index contributed by atoms with van der Waals surface area (Å²) in [5.41, 5.74) is 2.25. The van der Waals surface area contributed by atoms with Gasteiger partial charge < -0.3 is 19.9 Å². The molecule has 1 heterocycles. The van der Waals surface area contributed by atoms with E-state index in [9.17, 15) is 9.59 Å². The van der Waals surface area contributed by atoms with Crippen LogP contribution in [0, 0.1) is 6.92 Å². The number of nitrogens with one attached hydrogen (secondary N) is 2. The summed E-state index contributed by atoms with van der Waals surface area (Å²) < 4.78 is 6.99. The van der Waals surface area contributed by atoms with Crippen molar-refractivity contribution in [2.45, 2.75) is 25.2 Å². The molecule has 2 aromatic carbocycles. The number of aryl methyl sites for hydroxylation is 1. The monoisotopic (exact) mass is 451 g/mol. The summed E-state index contributed by atoms with van der Waals surface area (Å²) in [7, 11) is 1.57. The van der Waals surface area contributed by atoms with Crippen LogP contribution in [-0.2, 0) is 17.9 Å². The molecule has 0 aliphatic carbocycles. The number of anilines is 1. The molecule has 1 aromatic heterocycles. The second-order valence-electron chi connectivity index (χ2n) is 6.92. The molecule has 0 saturated heterocycles. The van der Waals surface area contributed by atoms with Crippen LogP contribution in [0.25, 0.3) is 0 Å². The first kappa shape index (κ1) is 23.1. The van der Waals surface area contributed by atoms with Crippen LogP contribution in [0.5, 0.6) is 5.75 Å². The molecule has 0 radical (unpaired) electrons. The van der Waals surface area contributed by atoms with E-state index in [-0.39, 0.29) is 24.1 Å². The summed E-state index contributed by atoms with van der Waals surface area (Å²) in [5, 5.41) is 14.6. The molecule has 166 valence electrons. The number of carbonyl (C=O) groups is 2. The molecule has 2 N–H and O–H groups in total. The Labute approximate surface area is 191 Å². The Hall–Kier alpha value is -3.59. The van der Waals surface area contributed by atoms with E-state index in [4.69, 9.17) is 4.74 Å². The minimum absolute atomic E-state index is 0.155. The quantitative estimate of drug-likeness (QED) is 0.362. The average molecular weight is 452 g/mol. The molecular formula is C23H25N5O3S. The highest BCUT2D eigenvalue weighted by Crippen LogP contribution is 2.20. The third kappa shape index (κ3) is 6.21. The zero-order valence-electron chi connectivity index (χ0n) is 18.0. The predicted molar refractivity (Wildman–Crippen MR) is 125 cm³/mol. The van der Waals surface area contributed by atoms with Crippen LogP contribution in [0.2, 0.25) is 0 Å². The second-order valence-corrected chi connectivity index (χ2v) is 7.86. The third-order valence-corrected chi connectivity index (χ3v) is 5.45. The second kappa shape index (κ2) is 11.1. The number of amides is 2. The maximum Gasteiger partial charge on any atom is 0.251 e. The number of carbonyl (C=O) groups excluding carboxylic acids is 2. The van der Waals surface area contributed by atoms with Gasteiger partial charge in [-0.05, 0) is 31.2 Å². The Kier molecular flexibility index (Phi) is 8.04. The number of methoxy groups -OCH3 is 1. The van der Waals surface area contributed by atoms with E-state index >= 15 is 0 Å². The zero-order chi connectivity index (χ0) is 22.9. The van der Waals surface area contributed by atoms with Crippen LogP contribution in [0.1, 0.15) is 21.7 Å². The summed E-state index contributed by atoms with van der Waals surface area (Å²) in [6, 6.07) is 14.5. The van der Waals surface area contributed by atoms with Crippen LogP contribution in [0.15, 0.2) is 66.3 Å². The van der Waals surface area contributed by atoms with Crippen molar-refractivity contribution in [1.29, 1.82) is 0 Å². The smallest absolute Gasteiger partial charge is 0.251 e. The number of ether oxygens (including phenoxy) is 1. The van der Waals surface area contributed by atoms with Gasteiger partial charge in [-0.25, -0.2) is 0 Å². The van der Waals surface area contributed by atoms with Crippen molar-refractivity contribution in [2.75, 3.05) is 18.2 Å². The van der Waals surface area contributed by atoms with Gasteiger partial charge in [0.05, 0.1) is 19.4 Å². The molecule has 2 amide bonds. The molecule has 8 nitrogen and oxygen atoms in total. The molecule has 9 heteroatoms. The fraction of sp³-hybridized carbons (Fsp3) is 0.217. The maximum atomic E-state index is 12.4. The van der Waals surface area contributed by atoms with Gasteiger partial charge in [0, 0.05) is 23.9 Å². The molecule has 0 aliphatic heterocycles. The summed E-state index contributed by atoms with van der Waals surface area (Å²) in [6.07, 6.45) is 1.72. The van der Waals surface area contributed by atoms with Crippen LogP contribution < -0.4 is 15.4 Å². The topological polar surface area (TPSA) is 98.1 Å². The fourth-order valence-electron chi connectivity index (χ4n) is 2.94. The lowest BCUT2D eigenvalue weighted by Crippen LogP contribution is -2.25. The highest BCUT2D eigenvalue weighted by Gasteiger charge is 2.15. The summed E-state index contributed by atoms with van der Waals surface area (Å²) in [6.45, 7) is 6.38. The van der Waals surface area contributed by atoms with Crippen LogP contribution in [0.4, 0.5) is 5.69 Å². The normalized spacial score (nSPS) is 10.4. The van der Waals surface area contributed by atoms with Crippen LogP contribution >= 0.6 is 11.8 Å². The Bertz CT molecular complexity index is 1110. The van der Waals surface area contributed by atoms with Gasteiger partial charge in [-0.1, -0.05) is 41.6 Å². The molecule has 0 spiro atoms. The third-order valence-electron chi connectivity index (χ3n) is 4.48. The lowest BCUT2D eigenvalue weighted by Gasteiger charge is -2.10. The Morgan fingerprint density at radius 3 is 2.75 bits per heavy atom. The molecule has 0 unspecified atom stereocenters. The van der Waals surface area contributed by atoms with Crippen molar-refractivity contribution in [3.8, 4) is 5.75 Å². The number of benzene rings is 2. The molecule has 0 fully saturated rings. The molecular weight excluding hydrogens is 426 g/mol. The highest BCUT2D eigenvalue weighted by atomic mass is 32.2. The lowest BCUT2D eigenvalue weighted by atomic mass is 10.1. The minimum atomic E-state index is -0.186. The fourth-order valence-corrected chi connectivity index (χ4v) is 3.71. The average Bonchev–Trinajstić information content (AvgIpc) is 3.18. The first-order valence-electron chi connectivity index (χ1n) is 9.94. The largest absolute Gasteiger partial charge is 0.497 e. The van der Waals surface area contributed by atoms with Crippen molar-refractivity contribution < 1.29 is 14.3 Å².